The third-order valence-corrected chi connectivity index (χ3v) is 6.95. The summed E-state index contributed by atoms with van der Waals surface area (Å²) in [4.78, 5) is 20.8. The first kappa shape index (κ1) is 31.3. The summed E-state index contributed by atoms with van der Waals surface area (Å²) in [5.74, 6) is -0.414. The van der Waals surface area contributed by atoms with Gasteiger partial charge in [-0.1, -0.05) is 11.6 Å². The molecule has 0 fully saturated rings. The number of aromatic nitrogens is 3. The van der Waals surface area contributed by atoms with E-state index in [2.05, 4.69) is 20.4 Å². The molecule has 0 spiro atoms. The number of aliphatic imine (C=N–C) groups is 1. The third kappa shape index (κ3) is 5.97. The minimum absolute atomic E-state index is 0.0117. The summed E-state index contributed by atoms with van der Waals surface area (Å²) in [6.45, 7) is 3.46. The Morgan fingerprint density at radius 2 is 2.05 bits per heavy atom. The number of fused-ring (bicyclic) bond motifs is 5. The van der Waals surface area contributed by atoms with Crippen LogP contribution in [0.2, 0.25) is 10.3 Å². The Morgan fingerprint density at radius 1 is 1.33 bits per heavy atom. The summed E-state index contributed by atoms with van der Waals surface area (Å²) in [6, 6.07) is 5.66. The number of anilines is 1. The molecular weight excluding hydrogens is 553 g/mol. The molecule has 204 valence electrons. The van der Waals surface area contributed by atoms with E-state index >= 15 is 0 Å². The lowest BCUT2D eigenvalue weighted by Crippen LogP contribution is -2.49. The molecule has 4 rings (SSSR count). The number of halogens is 2. The first-order valence-electron chi connectivity index (χ1n) is 12.7. The average molecular weight is 576 g/mol. The predicted molar refractivity (Wildman–Crippen MR) is 165 cm³/mol. The van der Waals surface area contributed by atoms with Crippen molar-refractivity contribution in [3.8, 4) is 17.0 Å². The Bertz CT molecular complexity index is 1590. The van der Waals surface area contributed by atoms with Gasteiger partial charge in [0.1, 0.15) is 11.9 Å². The highest BCUT2D eigenvalue weighted by Crippen LogP contribution is 2.42. The molecule has 1 aliphatic rings. The van der Waals surface area contributed by atoms with Crippen LogP contribution in [0.4, 0.5) is 15.0 Å². The van der Waals surface area contributed by atoms with Gasteiger partial charge in [0, 0.05) is 53.8 Å². The van der Waals surface area contributed by atoms with Crippen LogP contribution in [0, 0.1) is 5.82 Å². The number of amides is 1. The summed E-state index contributed by atoms with van der Waals surface area (Å²) >= 11 is 6.67. The molecule has 9 nitrogen and oxygen atoms in total. The van der Waals surface area contributed by atoms with Crippen molar-refractivity contribution in [2.75, 3.05) is 19.0 Å². The van der Waals surface area contributed by atoms with Gasteiger partial charge in [-0.25, -0.2) is 14.2 Å². The van der Waals surface area contributed by atoms with Crippen LogP contribution in [-0.2, 0) is 16.5 Å². The molecule has 42 heavy (non-hydrogen) atoms. The van der Waals surface area contributed by atoms with Crippen LogP contribution in [-0.4, -0.2) is 80.0 Å². The van der Waals surface area contributed by atoms with E-state index in [0.29, 0.717) is 27.8 Å². The lowest BCUT2D eigenvalue weighted by Gasteiger charge is -2.43. The number of hydrogen-bond donors (Lipinski definition) is 2. The van der Waals surface area contributed by atoms with E-state index in [4.69, 9.17) is 66.0 Å². The number of ether oxygens (including phenoxy) is 2. The molecule has 16 heteroatoms. The third-order valence-electron chi connectivity index (χ3n) is 6.64. The molecule has 3 N–H and O–H groups in total. The van der Waals surface area contributed by atoms with Crippen molar-refractivity contribution in [3.05, 3.63) is 63.7 Å². The number of allylic oxidation sites excluding steroid dienone is 1. The second-order valence-corrected chi connectivity index (χ2v) is 10.1. The number of nitrogens with two attached hydrogens (primary N) is 1. The Labute approximate surface area is 254 Å². The van der Waals surface area contributed by atoms with Gasteiger partial charge in [-0.2, -0.15) is 5.10 Å². The van der Waals surface area contributed by atoms with Crippen molar-refractivity contribution in [3.63, 3.8) is 0 Å². The molecule has 1 atom stereocenters. The normalized spacial score (nSPS) is 17.4. The summed E-state index contributed by atoms with van der Waals surface area (Å²) in [5, 5.41) is 2.52. The topological polar surface area (TPSA) is 117 Å². The molecule has 3 heterocycles. The Hall–Kier alpha value is -3.60. The Kier molecular flexibility index (Phi) is 8.92. The van der Waals surface area contributed by atoms with Gasteiger partial charge in [0.2, 0.25) is 0 Å². The molecule has 0 aliphatic carbocycles. The molecule has 10 radical (unpaired) electrons. The minimum atomic E-state index is -2.17. The van der Waals surface area contributed by atoms with E-state index < -0.39 is 28.5 Å². The first-order valence-corrected chi connectivity index (χ1v) is 13.1. The van der Waals surface area contributed by atoms with Gasteiger partial charge in [0.25, 0.3) is 0 Å². The van der Waals surface area contributed by atoms with E-state index in [1.54, 1.807) is 33.2 Å². The number of pyridine rings is 1. The quantitative estimate of drug-likeness (QED) is 0.357. The van der Waals surface area contributed by atoms with E-state index in [1.165, 1.54) is 24.4 Å². The van der Waals surface area contributed by atoms with Gasteiger partial charge in [0.15, 0.2) is 16.7 Å². The highest BCUT2D eigenvalue weighted by molar-refractivity contribution is 6.66. The van der Waals surface area contributed by atoms with Crippen molar-refractivity contribution >= 4 is 74.7 Å². The van der Waals surface area contributed by atoms with Crippen molar-refractivity contribution < 1.29 is 18.7 Å². The van der Waals surface area contributed by atoms with Crippen LogP contribution in [0.25, 0.3) is 17.0 Å². The zero-order valence-electron chi connectivity index (χ0n) is 23.2. The lowest BCUT2D eigenvalue weighted by molar-refractivity contribution is 0.167. The molecule has 0 saturated carbocycles. The highest BCUT2D eigenvalue weighted by atomic mass is 35.5. The van der Waals surface area contributed by atoms with Crippen LogP contribution in [0.15, 0.2) is 41.0 Å². The molecule has 1 aliphatic heterocycles. The molecule has 3 aromatic rings. The van der Waals surface area contributed by atoms with Gasteiger partial charge >= 0.3 is 6.09 Å². The number of carbonyl (C=O) groups is 1. The van der Waals surface area contributed by atoms with E-state index in [1.807, 2.05) is 0 Å². The summed E-state index contributed by atoms with van der Waals surface area (Å²) in [6.07, 6.45) is 1.44. The van der Waals surface area contributed by atoms with Gasteiger partial charge in [-0.05, 0) is 49.0 Å². The van der Waals surface area contributed by atoms with Gasteiger partial charge < -0.3 is 15.2 Å². The summed E-state index contributed by atoms with van der Waals surface area (Å²) in [5.41, 5.74) is 9.31. The zero-order chi connectivity index (χ0) is 31.0. The van der Waals surface area contributed by atoms with Crippen molar-refractivity contribution in [1.82, 2.24) is 14.8 Å². The van der Waals surface area contributed by atoms with Crippen LogP contribution >= 0.6 is 11.6 Å². The van der Waals surface area contributed by atoms with E-state index in [9.17, 15) is 9.18 Å². The Balaban J connectivity index is 2.09. The maximum atomic E-state index is 14.5. The largest absolute Gasteiger partial charge is 0.482 e. The minimum Gasteiger partial charge on any atom is -0.482 e. The maximum Gasteiger partial charge on any atom is 0.412 e. The van der Waals surface area contributed by atoms with Crippen LogP contribution in [0.5, 0.6) is 5.75 Å². The molecule has 1 amide bonds. The second kappa shape index (κ2) is 12.0. The fraction of sp³-hybridized carbons (Fsp3) is 0.308. The van der Waals surface area contributed by atoms with Gasteiger partial charge in [0.05, 0.1) is 51.5 Å². The fourth-order valence-corrected chi connectivity index (χ4v) is 4.68. The number of nitrogens with one attached hydrogen (secondary N) is 1. The molecule has 0 saturated heterocycles. The van der Waals surface area contributed by atoms with Crippen molar-refractivity contribution in [1.29, 1.82) is 0 Å². The summed E-state index contributed by atoms with van der Waals surface area (Å²) < 4.78 is 26.9. The number of benzene rings is 1. The Morgan fingerprint density at radius 3 is 2.69 bits per heavy atom. The van der Waals surface area contributed by atoms with E-state index in [0.717, 1.165) is 4.68 Å². The highest BCUT2D eigenvalue weighted by Gasteiger charge is 2.37. The molecule has 2 bridgehead atoms. The van der Waals surface area contributed by atoms with Crippen molar-refractivity contribution in [2.24, 2.45) is 10.7 Å². The predicted octanol–water partition coefficient (Wildman–Crippen LogP) is 2.90. The van der Waals surface area contributed by atoms with Gasteiger partial charge in [-0.3, -0.25) is 15.0 Å². The maximum absolute atomic E-state index is 14.5. The fourth-order valence-electron chi connectivity index (χ4n) is 4.45. The van der Waals surface area contributed by atoms with E-state index in [-0.39, 0.29) is 41.1 Å². The molecular formula is C26H23B5ClFN6O3. The number of rotatable bonds is 5. The molecule has 1 aromatic carbocycles. The molecule has 0 unspecified atom stereocenters. The van der Waals surface area contributed by atoms with Gasteiger partial charge in [-0.15, -0.1) is 5.11 Å². The molecule has 2 aromatic heterocycles. The SMILES string of the molecule is [B]C([B])([B])C([B])([B])n1nc(Cl)c2c1-c1cnc(NC(=O)OCC)c(c1)O[C@H](C)c1cc(F)ccc1/C(N)=C(/C=NC)C2. The smallest absolute Gasteiger partial charge is 0.412 e. The number of carbonyl (C=O) groups excluding carboxylic acids is 1. The second-order valence-electron chi connectivity index (χ2n) is 9.70. The van der Waals surface area contributed by atoms with Crippen molar-refractivity contribution in [2.45, 2.75) is 36.8 Å². The summed E-state index contributed by atoms with van der Waals surface area (Å²) in [7, 11) is 32.1. The lowest BCUT2D eigenvalue weighted by atomic mass is 9.26. The van der Waals surface area contributed by atoms with Crippen LogP contribution in [0.1, 0.15) is 36.6 Å². The zero-order valence-corrected chi connectivity index (χ0v) is 23.9. The standard InChI is InChI=1S/C26H23B5ClFN6O3/c1-4-41-24(40)37-23-19-8-14(11-36-23)21-18(22(32)38-39(21)26(30,31)25(27,28)29)7-13(10-35-3)20(34)16-6-5-15(33)9-17(16)12(2)42-19/h5-6,8-12H,4,7,34H2,1-3H3,(H,36,37,40)/b20-13-,35-10?/t12-/m1/s1. The number of nitrogens with zero attached hydrogens (tertiary/aromatic N) is 4. The average Bonchev–Trinajstić information content (AvgIpc) is 3.24. The number of hydrogen-bond acceptors (Lipinski definition) is 7. The van der Waals surface area contributed by atoms with Crippen LogP contribution < -0.4 is 15.8 Å². The monoisotopic (exact) mass is 576 g/mol. The van der Waals surface area contributed by atoms with Crippen LogP contribution in [0.3, 0.4) is 0 Å². The first-order chi connectivity index (χ1) is 19.7.